The molecule has 2 aromatic rings. The summed E-state index contributed by atoms with van der Waals surface area (Å²) in [6.07, 6.45) is 5.96. The molecule has 3 heterocycles. The molecule has 0 atom stereocenters. The van der Waals surface area contributed by atoms with E-state index in [2.05, 4.69) is 31.3 Å². The van der Waals surface area contributed by atoms with Crippen molar-refractivity contribution in [3.8, 4) is 0 Å². The van der Waals surface area contributed by atoms with E-state index in [-0.39, 0.29) is 12.5 Å². The van der Waals surface area contributed by atoms with Gasteiger partial charge in [0.15, 0.2) is 0 Å². The zero-order valence-electron chi connectivity index (χ0n) is 14.8. The van der Waals surface area contributed by atoms with E-state index in [0.29, 0.717) is 19.4 Å². The summed E-state index contributed by atoms with van der Waals surface area (Å²) in [5, 5.41) is 16.0. The van der Waals surface area contributed by atoms with Gasteiger partial charge in [0.2, 0.25) is 5.91 Å². The molecule has 0 spiro atoms. The van der Waals surface area contributed by atoms with Crippen molar-refractivity contribution in [2.45, 2.75) is 45.2 Å². The lowest BCUT2D eigenvalue weighted by Crippen LogP contribution is -2.35. The summed E-state index contributed by atoms with van der Waals surface area (Å²) in [4.78, 5) is 23.0. The molecule has 1 amide bonds. The van der Waals surface area contributed by atoms with Gasteiger partial charge < -0.3 is 15.3 Å². The fraction of sp³-hybridized carbons (Fsp3) is 0.556. The second-order valence-corrected chi connectivity index (χ2v) is 6.82. The van der Waals surface area contributed by atoms with Crippen molar-refractivity contribution in [2.24, 2.45) is 0 Å². The third-order valence-electron chi connectivity index (χ3n) is 5.04. The molecular formula is C18H24N6O2. The van der Waals surface area contributed by atoms with Crippen LogP contribution in [0.3, 0.4) is 0 Å². The Balaban J connectivity index is 1.42. The average Bonchev–Trinajstić information content (AvgIpc) is 3.29. The molecular weight excluding hydrogens is 332 g/mol. The van der Waals surface area contributed by atoms with Gasteiger partial charge in [-0.1, -0.05) is 0 Å². The van der Waals surface area contributed by atoms with Gasteiger partial charge in [0.25, 0.3) is 0 Å². The van der Waals surface area contributed by atoms with Crippen molar-refractivity contribution in [3.05, 3.63) is 35.0 Å². The summed E-state index contributed by atoms with van der Waals surface area (Å²) in [5.74, 6) is 1.02. The van der Waals surface area contributed by atoms with Crippen molar-refractivity contribution in [1.82, 2.24) is 25.1 Å². The Morgan fingerprint density at radius 2 is 2.19 bits per heavy atom. The fourth-order valence-corrected chi connectivity index (χ4v) is 3.77. The predicted octanol–water partition coefficient (Wildman–Crippen LogP) is 0.223. The van der Waals surface area contributed by atoms with E-state index >= 15 is 0 Å². The van der Waals surface area contributed by atoms with Crippen LogP contribution in [-0.2, 0) is 37.1 Å². The summed E-state index contributed by atoms with van der Waals surface area (Å²) in [7, 11) is 0. The Hall–Kier alpha value is -2.48. The standard InChI is InChI=1S/C18H24N6O2/c25-9-6-19-17(26)5-4-13-10-14-11-23(7-8-24(14)22-13)18-15-2-1-3-16(15)20-12-21-18/h10,12,25H,1-9,11H2,(H,19,26). The summed E-state index contributed by atoms with van der Waals surface area (Å²) < 4.78 is 2.04. The summed E-state index contributed by atoms with van der Waals surface area (Å²) in [5.41, 5.74) is 4.60. The number of aromatic nitrogens is 4. The van der Waals surface area contributed by atoms with Crippen LogP contribution in [0, 0.1) is 0 Å². The van der Waals surface area contributed by atoms with E-state index in [4.69, 9.17) is 5.11 Å². The molecule has 0 bridgehead atoms. The third kappa shape index (κ3) is 3.41. The zero-order chi connectivity index (χ0) is 17.9. The Morgan fingerprint density at radius 3 is 3.08 bits per heavy atom. The van der Waals surface area contributed by atoms with Gasteiger partial charge in [0, 0.05) is 37.2 Å². The van der Waals surface area contributed by atoms with E-state index in [1.54, 1.807) is 6.33 Å². The molecule has 138 valence electrons. The number of carbonyl (C=O) groups excluding carboxylic acids is 1. The number of aliphatic hydroxyl groups excluding tert-OH is 1. The molecule has 8 heteroatoms. The molecule has 0 saturated carbocycles. The van der Waals surface area contributed by atoms with Crippen LogP contribution in [0.4, 0.5) is 5.82 Å². The lowest BCUT2D eigenvalue weighted by molar-refractivity contribution is -0.121. The number of aryl methyl sites for hydroxylation is 2. The number of hydrogen-bond acceptors (Lipinski definition) is 6. The van der Waals surface area contributed by atoms with Gasteiger partial charge in [-0.3, -0.25) is 9.48 Å². The van der Waals surface area contributed by atoms with Crippen LogP contribution in [-0.4, -0.2) is 50.5 Å². The summed E-state index contributed by atoms with van der Waals surface area (Å²) >= 11 is 0. The first-order chi connectivity index (χ1) is 12.7. The highest BCUT2D eigenvalue weighted by Crippen LogP contribution is 2.30. The molecule has 0 radical (unpaired) electrons. The highest BCUT2D eigenvalue weighted by Gasteiger charge is 2.25. The smallest absolute Gasteiger partial charge is 0.220 e. The lowest BCUT2D eigenvalue weighted by Gasteiger charge is -2.29. The number of nitrogens with one attached hydrogen (secondary N) is 1. The van der Waals surface area contributed by atoms with Gasteiger partial charge in [-0.25, -0.2) is 9.97 Å². The molecule has 2 aromatic heterocycles. The van der Waals surface area contributed by atoms with Gasteiger partial charge >= 0.3 is 0 Å². The Morgan fingerprint density at radius 1 is 1.27 bits per heavy atom. The molecule has 0 unspecified atom stereocenters. The Kier molecular flexibility index (Phi) is 4.83. The molecule has 0 saturated heterocycles. The van der Waals surface area contributed by atoms with Crippen molar-refractivity contribution < 1.29 is 9.90 Å². The number of carbonyl (C=O) groups is 1. The number of aliphatic hydroxyl groups is 1. The monoisotopic (exact) mass is 356 g/mol. The van der Waals surface area contributed by atoms with Crippen molar-refractivity contribution in [1.29, 1.82) is 0 Å². The molecule has 2 aliphatic rings. The molecule has 1 aliphatic heterocycles. The highest BCUT2D eigenvalue weighted by molar-refractivity contribution is 5.76. The molecule has 1 aliphatic carbocycles. The quantitative estimate of drug-likeness (QED) is 0.769. The van der Waals surface area contributed by atoms with Crippen LogP contribution in [0.15, 0.2) is 12.4 Å². The van der Waals surface area contributed by atoms with E-state index in [9.17, 15) is 4.79 Å². The van der Waals surface area contributed by atoms with Gasteiger partial charge in [0.05, 0.1) is 31.1 Å². The van der Waals surface area contributed by atoms with Gasteiger partial charge in [-0.2, -0.15) is 5.10 Å². The first-order valence-electron chi connectivity index (χ1n) is 9.25. The van der Waals surface area contributed by atoms with E-state index in [1.165, 1.54) is 11.3 Å². The minimum absolute atomic E-state index is 0.0346. The Bertz CT molecular complexity index is 803. The fourth-order valence-electron chi connectivity index (χ4n) is 3.77. The van der Waals surface area contributed by atoms with Crippen molar-refractivity contribution in [3.63, 3.8) is 0 Å². The maximum Gasteiger partial charge on any atom is 0.220 e. The zero-order valence-corrected chi connectivity index (χ0v) is 14.8. The maximum absolute atomic E-state index is 11.7. The van der Waals surface area contributed by atoms with Crippen LogP contribution < -0.4 is 10.2 Å². The minimum Gasteiger partial charge on any atom is -0.395 e. The molecule has 26 heavy (non-hydrogen) atoms. The van der Waals surface area contributed by atoms with E-state index in [1.807, 2.05) is 4.68 Å². The van der Waals surface area contributed by atoms with Gasteiger partial charge in [-0.05, 0) is 25.3 Å². The van der Waals surface area contributed by atoms with Gasteiger partial charge in [0.1, 0.15) is 12.1 Å². The molecule has 8 nitrogen and oxygen atoms in total. The minimum atomic E-state index is -0.0526. The van der Waals surface area contributed by atoms with E-state index < -0.39 is 0 Å². The Labute approximate surface area is 152 Å². The maximum atomic E-state index is 11.7. The second kappa shape index (κ2) is 7.41. The topological polar surface area (TPSA) is 96.2 Å². The first-order valence-corrected chi connectivity index (χ1v) is 9.25. The van der Waals surface area contributed by atoms with Crippen LogP contribution in [0.25, 0.3) is 0 Å². The van der Waals surface area contributed by atoms with Crippen molar-refractivity contribution >= 4 is 11.7 Å². The number of amides is 1. The summed E-state index contributed by atoms with van der Waals surface area (Å²) in [6.45, 7) is 2.76. The molecule has 0 fully saturated rings. The number of rotatable bonds is 6. The number of fused-ring (bicyclic) bond motifs is 2. The molecule has 4 rings (SSSR count). The number of nitrogens with zero attached hydrogens (tertiary/aromatic N) is 5. The normalized spacial score (nSPS) is 15.7. The lowest BCUT2D eigenvalue weighted by atomic mass is 10.2. The van der Waals surface area contributed by atoms with Gasteiger partial charge in [-0.15, -0.1) is 0 Å². The second-order valence-electron chi connectivity index (χ2n) is 6.82. The SMILES string of the molecule is O=C(CCc1cc2n(n1)CCN(c1ncnc3c1CCC3)C2)NCCO. The first kappa shape index (κ1) is 17.0. The largest absolute Gasteiger partial charge is 0.395 e. The van der Waals surface area contributed by atoms with Crippen molar-refractivity contribution in [2.75, 3.05) is 24.6 Å². The van der Waals surface area contributed by atoms with Crippen LogP contribution in [0.2, 0.25) is 0 Å². The third-order valence-corrected chi connectivity index (χ3v) is 5.04. The van der Waals surface area contributed by atoms with E-state index in [0.717, 1.165) is 56.1 Å². The van der Waals surface area contributed by atoms with Crippen LogP contribution in [0.1, 0.15) is 35.5 Å². The summed E-state index contributed by atoms with van der Waals surface area (Å²) in [6, 6.07) is 2.09. The number of hydrogen-bond donors (Lipinski definition) is 2. The van der Waals surface area contributed by atoms with Crippen LogP contribution in [0.5, 0.6) is 0 Å². The number of anilines is 1. The highest BCUT2D eigenvalue weighted by atomic mass is 16.3. The van der Waals surface area contributed by atoms with Crippen LogP contribution >= 0.6 is 0 Å². The predicted molar refractivity (Wildman–Crippen MR) is 95.8 cm³/mol. The molecule has 0 aromatic carbocycles. The average molecular weight is 356 g/mol. The molecule has 2 N–H and O–H groups in total.